The van der Waals surface area contributed by atoms with Crippen molar-refractivity contribution in [2.75, 3.05) is 0 Å². The van der Waals surface area contributed by atoms with Crippen LogP contribution in [0, 0.1) is 0 Å². The van der Waals surface area contributed by atoms with E-state index in [1.807, 2.05) is 49.6 Å². The SMILES string of the molecule is c1cc2c3cc4c(oc5cc6c7ccncc7n7c8cnccc8c(c54)c67)c4c5ccncc5n(c2cn1)c34. The molecule has 9 aromatic heterocycles. The van der Waals surface area contributed by atoms with Crippen molar-refractivity contribution in [3.05, 3.63) is 86.0 Å². The fourth-order valence-electron chi connectivity index (χ4n) is 7.32. The first kappa shape index (κ1) is 18.6. The lowest BCUT2D eigenvalue weighted by atomic mass is 10.00. The maximum atomic E-state index is 6.89. The molecular formula is C32H14N6O. The van der Waals surface area contributed by atoms with Gasteiger partial charge in [0.05, 0.1) is 63.3 Å². The van der Waals surface area contributed by atoms with Gasteiger partial charge in [-0.05, 0) is 36.4 Å². The Hall–Kier alpha value is -5.56. The molecule has 0 saturated heterocycles. The van der Waals surface area contributed by atoms with E-state index in [1.54, 1.807) is 0 Å². The molecule has 0 atom stereocenters. The van der Waals surface area contributed by atoms with Crippen LogP contribution in [0.3, 0.4) is 0 Å². The monoisotopic (exact) mass is 498 g/mol. The van der Waals surface area contributed by atoms with Crippen molar-refractivity contribution in [2.45, 2.75) is 0 Å². The molecule has 0 bridgehead atoms. The van der Waals surface area contributed by atoms with Crippen molar-refractivity contribution in [3.63, 3.8) is 0 Å². The van der Waals surface area contributed by atoms with Crippen LogP contribution in [0.4, 0.5) is 0 Å². The molecule has 0 spiro atoms. The lowest BCUT2D eigenvalue weighted by molar-refractivity contribution is 0.673. The minimum atomic E-state index is 0.886. The average molecular weight is 499 g/mol. The van der Waals surface area contributed by atoms with E-state index in [0.717, 1.165) is 76.5 Å². The first-order valence-corrected chi connectivity index (χ1v) is 12.9. The topological polar surface area (TPSA) is 73.5 Å². The number of hydrogen-bond donors (Lipinski definition) is 0. The molecule has 39 heavy (non-hydrogen) atoms. The van der Waals surface area contributed by atoms with Gasteiger partial charge in [-0.3, -0.25) is 19.9 Å². The first-order valence-electron chi connectivity index (χ1n) is 12.9. The molecule has 0 unspecified atom stereocenters. The minimum Gasteiger partial charge on any atom is -0.455 e. The summed E-state index contributed by atoms with van der Waals surface area (Å²) in [6.07, 6.45) is 15.2. The maximum absolute atomic E-state index is 6.89. The van der Waals surface area contributed by atoms with Gasteiger partial charge in [-0.25, -0.2) is 0 Å². The minimum absolute atomic E-state index is 0.886. The molecule has 0 amide bonds. The number of furan rings is 1. The second kappa shape index (κ2) is 5.95. The van der Waals surface area contributed by atoms with Crippen LogP contribution in [-0.2, 0) is 0 Å². The molecule has 0 radical (unpaired) electrons. The van der Waals surface area contributed by atoms with Crippen LogP contribution in [0.1, 0.15) is 0 Å². The molecule has 0 fully saturated rings. The van der Waals surface area contributed by atoms with Crippen molar-refractivity contribution in [2.24, 2.45) is 0 Å². The third kappa shape index (κ3) is 1.88. The van der Waals surface area contributed by atoms with Gasteiger partial charge < -0.3 is 13.2 Å². The molecule has 0 aliphatic rings. The van der Waals surface area contributed by atoms with Gasteiger partial charge >= 0.3 is 0 Å². The van der Waals surface area contributed by atoms with Crippen molar-refractivity contribution in [1.29, 1.82) is 0 Å². The predicted molar refractivity (Wildman–Crippen MR) is 154 cm³/mol. The van der Waals surface area contributed by atoms with Gasteiger partial charge in [0.25, 0.3) is 0 Å². The Bertz CT molecular complexity index is 2840. The van der Waals surface area contributed by atoms with Gasteiger partial charge in [0.1, 0.15) is 11.2 Å². The normalized spacial score (nSPS) is 13.1. The van der Waals surface area contributed by atoms with Gasteiger partial charge in [0.2, 0.25) is 0 Å². The van der Waals surface area contributed by atoms with Crippen LogP contribution >= 0.6 is 0 Å². The van der Waals surface area contributed by atoms with Gasteiger partial charge in [-0.2, -0.15) is 0 Å². The number of fused-ring (bicyclic) bond motifs is 17. The third-order valence-corrected chi connectivity index (χ3v) is 8.73. The highest BCUT2D eigenvalue weighted by Crippen LogP contribution is 2.49. The summed E-state index contributed by atoms with van der Waals surface area (Å²) in [5, 5.41) is 11.6. The van der Waals surface area contributed by atoms with E-state index in [0.29, 0.717) is 0 Å². The molecule has 0 N–H and O–H groups in total. The van der Waals surface area contributed by atoms with Crippen LogP contribution in [0.2, 0.25) is 0 Å². The number of aromatic nitrogens is 6. The zero-order valence-electron chi connectivity index (χ0n) is 20.2. The van der Waals surface area contributed by atoms with Crippen molar-refractivity contribution in [3.8, 4) is 0 Å². The zero-order valence-corrected chi connectivity index (χ0v) is 20.2. The Labute approximate surface area is 217 Å². The Morgan fingerprint density at radius 1 is 0.462 bits per heavy atom. The predicted octanol–water partition coefficient (Wildman–Crippen LogP) is 7.47. The lowest BCUT2D eigenvalue weighted by Gasteiger charge is -1.99. The molecule has 178 valence electrons. The first-order chi connectivity index (χ1) is 19.4. The third-order valence-electron chi connectivity index (χ3n) is 8.73. The van der Waals surface area contributed by atoms with Crippen molar-refractivity contribution >= 4 is 98.1 Å². The highest BCUT2D eigenvalue weighted by Gasteiger charge is 2.27. The smallest absolute Gasteiger partial charge is 0.145 e. The Balaban J connectivity index is 1.51. The van der Waals surface area contributed by atoms with Crippen LogP contribution in [0.25, 0.3) is 98.1 Å². The standard InChI is InChI=1S/C32H14N6O/c1-5-33-11-22-15(1)19-9-21-27-26(39-32(21)29-18-4-8-36-14-25(18)38(22)31(19)29)10-20-16-2-6-34-12-23(16)37-24-13-35-7-3-17(24)28(27)30(20)37/h1-14H. The Kier molecular flexibility index (Phi) is 2.84. The number of hydrogen-bond acceptors (Lipinski definition) is 5. The molecule has 7 heteroatoms. The van der Waals surface area contributed by atoms with E-state index >= 15 is 0 Å². The molecule has 7 nitrogen and oxygen atoms in total. The number of benzene rings is 2. The van der Waals surface area contributed by atoms with E-state index in [4.69, 9.17) is 4.42 Å². The Morgan fingerprint density at radius 2 is 0.949 bits per heavy atom. The second-order valence-electron chi connectivity index (χ2n) is 10.4. The summed E-state index contributed by atoms with van der Waals surface area (Å²) in [5.41, 5.74) is 8.42. The number of pyridine rings is 4. The summed E-state index contributed by atoms with van der Waals surface area (Å²) in [4.78, 5) is 17.9. The largest absolute Gasteiger partial charge is 0.455 e. The number of nitrogens with zero attached hydrogens (tertiary/aromatic N) is 6. The maximum Gasteiger partial charge on any atom is 0.145 e. The van der Waals surface area contributed by atoms with Gasteiger partial charge in [-0.15, -0.1) is 0 Å². The van der Waals surface area contributed by atoms with E-state index in [1.165, 1.54) is 21.7 Å². The summed E-state index contributed by atoms with van der Waals surface area (Å²) < 4.78 is 11.5. The van der Waals surface area contributed by atoms with E-state index < -0.39 is 0 Å². The van der Waals surface area contributed by atoms with Crippen molar-refractivity contribution < 1.29 is 4.42 Å². The van der Waals surface area contributed by atoms with E-state index in [-0.39, 0.29) is 0 Å². The van der Waals surface area contributed by atoms with Crippen molar-refractivity contribution in [1.82, 2.24) is 28.7 Å². The van der Waals surface area contributed by atoms with Gasteiger partial charge in [-0.1, -0.05) is 0 Å². The summed E-state index contributed by atoms with van der Waals surface area (Å²) in [6, 6.07) is 12.9. The van der Waals surface area contributed by atoms with E-state index in [2.05, 4.69) is 65.1 Å². The van der Waals surface area contributed by atoms with Crippen LogP contribution in [-0.4, -0.2) is 28.7 Å². The summed E-state index contributed by atoms with van der Waals surface area (Å²) >= 11 is 0. The molecular weight excluding hydrogens is 484 g/mol. The highest BCUT2D eigenvalue weighted by atomic mass is 16.3. The fourth-order valence-corrected chi connectivity index (χ4v) is 7.32. The second-order valence-corrected chi connectivity index (χ2v) is 10.4. The van der Waals surface area contributed by atoms with Crippen LogP contribution in [0.5, 0.6) is 0 Å². The fraction of sp³-hybridized carbons (Fsp3) is 0. The molecule has 0 aliphatic heterocycles. The molecule has 0 aliphatic carbocycles. The van der Waals surface area contributed by atoms with Gasteiger partial charge in [0, 0.05) is 73.3 Å². The van der Waals surface area contributed by atoms with Crippen LogP contribution < -0.4 is 0 Å². The van der Waals surface area contributed by atoms with E-state index in [9.17, 15) is 0 Å². The summed E-state index contributed by atoms with van der Waals surface area (Å²) in [6.45, 7) is 0. The summed E-state index contributed by atoms with van der Waals surface area (Å²) in [5.74, 6) is 0. The summed E-state index contributed by atoms with van der Waals surface area (Å²) in [7, 11) is 0. The lowest BCUT2D eigenvalue weighted by Crippen LogP contribution is -1.81. The van der Waals surface area contributed by atoms with Crippen LogP contribution in [0.15, 0.2) is 90.4 Å². The quantitative estimate of drug-likeness (QED) is 0.217. The zero-order chi connectivity index (χ0) is 25.0. The molecule has 11 aromatic rings. The Morgan fingerprint density at radius 3 is 1.56 bits per heavy atom. The average Bonchev–Trinajstić information content (AvgIpc) is 3.76. The highest BCUT2D eigenvalue weighted by molar-refractivity contribution is 6.39. The molecule has 0 saturated carbocycles. The molecule has 9 heterocycles. The molecule has 2 aromatic carbocycles. The molecule has 11 rings (SSSR count). The van der Waals surface area contributed by atoms with Gasteiger partial charge in [0.15, 0.2) is 0 Å². The number of rotatable bonds is 0.